The van der Waals surface area contributed by atoms with Crippen LogP contribution in [0.5, 0.6) is 5.75 Å². The number of amides is 1. The molecule has 0 atom stereocenters. The van der Waals surface area contributed by atoms with Gasteiger partial charge in [-0.2, -0.15) is 0 Å². The molecule has 1 aromatic carbocycles. The van der Waals surface area contributed by atoms with Crippen LogP contribution in [0.2, 0.25) is 0 Å². The number of hydrogen-bond acceptors (Lipinski definition) is 3. The topological polar surface area (TPSA) is 32.8 Å². The Morgan fingerprint density at radius 1 is 1.11 bits per heavy atom. The van der Waals surface area contributed by atoms with Crippen LogP contribution in [-0.2, 0) is 0 Å². The van der Waals surface area contributed by atoms with E-state index in [0.717, 1.165) is 39.0 Å². The number of rotatable bonds is 1. The minimum Gasteiger partial charge on any atom is -0.410 e. The highest BCUT2D eigenvalue weighted by molar-refractivity contribution is 5.71. The Labute approximate surface area is 113 Å². The summed E-state index contributed by atoms with van der Waals surface area (Å²) in [6, 6.07) is 7.99. The zero-order valence-electron chi connectivity index (χ0n) is 11.3. The summed E-state index contributed by atoms with van der Waals surface area (Å²) in [6.07, 6.45) is 1.95. The third-order valence-corrected chi connectivity index (χ3v) is 4.12. The van der Waals surface area contributed by atoms with Crippen molar-refractivity contribution in [3.63, 3.8) is 0 Å². The van der Waals surface area contributed by atoms with Gasteiger partial charge in [0.2, 0.25) is 0 Å². The second-order valence-corrected chi connectivity index (χ2v) is 5.45. The largest absolute Gasteiger partial charge is 0.415 e. The van der Waals surface area contributed by atoms with E-state index in [1.54, 1.807) is 0 Å². The third-order valence-electron chi connectivity index (χ3n) is 4.12. The Bertz CT molecular complexity index is 450. The minimum absolute atomic E-state index is 0.197. The molecule has 4 rings (SSSR count). The summed E-state index contributed by atoms with van der Waals surface area (Å²) in [5.74, 6) is 0.634. The van der Waals surface area contributed by atoms with E-state index in [2.05, 4.69) is 4.90 Å². The number of fused-ring (bicyclic) bond motifs is 4. The van der Waals surface area contributed by atoms with Gasteiger partial charge in [0.1, 0.15) is 5.75 Å². The Morgan fingerprint density at radius 2 is 1.79 bits per heavy atom. The lowest BCUT2D eigenvalue weighted by molar-refractivity contribution is 0.131. The third kappa shape index (κ3) is 2.73. The first-order valence-corrected chi connectivity index (χ1v) is 7.00. The lowest BCUT2D eigenvalue weighted by atomic mass is 10.0. The van der Waals surface area contributed by atoms with E-state index in [0.29, 0.717) is 11.8 Å². The van der Waals surface area contributed by atoms with E-state index in [1.807, 2.05) is 36.1 Å². The molecule has 0 saturated carbocycles. The van der Waals surface area contributed by atoms with Gasteiger partial charge < -0.3 is 14.5 Å². The number of piperidine rings is 1. The molecule has 0 spiro atoms. The number of aryl methyl sites for hydroxylation is 1. The number of carbonyl (C=O) groups is 1. The molecule has 3 fully saturated rings. The molecule has 2 bridgehead atoms. The Hall–Kier alpha value is -1.55. The van der Waals surface area contributed by atoms with Gasteiger partial charge in [0, 0.05) is 32.2 Å². The fourth-order valence-electron chi connectivity index (χ4n) is 2.89. The van der Waals surface area contributed by atoms with Gasteiger partial charge in [-0.3, -0.25) is 0 Å². The number of hydrogen-bond donors (Lipinski definition) is 0. The SMILES string of the molecule is [11CH3]c1ccc(OC(=O)N2CCN3CCC2CC3)cc1. The van der Waals surface area contributed by atoms with Crippen molar-refractivity contribution in [1.29, 1.82) is 0 Å². The van der Waals surface area contributed by atoms with E-state index < -0.39 is 0 Å². The van der Waals surface area contributed by atoms with Crippen LogP contribution in [0.15, 0.2) is 24.3 Å². The average molecular weight is 259 g/mol. The Kier molecular flexibility index (Phi) is 3.42. The quantitative estimate of drug-likeness (QED) is 0.775. The standard InChI is InChI=1S/C15H20N2O2/c1-12-2-4-14(5-3-12)19-15(18)17-11-10-16-8-6-13(17)7-9-16/h2-5,13H,6-11H2,1H3/i1-1. The zero-order valence-corrected chi connectivity index (χ0v) is 11.3. The van der Waals surface area contributed by atoms with Crippen LogP contribution in [0.4, 0.5) is 4.79 Å². The number of ether oxygens (including phenoxy) is 1. The minimum atomic E-state index is -0.197. The van der Waals surface area contributed by atoms with Gasteiger partial charge in [-0.15, -0.1) is 0 Å². The highest BCUT2D eigenvalue weighted by Gasteiger charge is 2.32. The lowest BCUT2D eigenvalue weighted by Gasteiger charge is -2.30. The predicted molar refractivity (Wildman–Crippen MR) is 73.4 cm³/mol. The molecule has 4 heteroatoms. The summed E-state index contributed by atoms with van der Waals surface area (Å²) >= 11 is 0. The molecule has 0 radical (unpaired) electrons. The molecule has 0 unspecified atom stereocenters. The number of benzene rings is 1. The maximum Gasteiger partial charge on any atom is 0.415 e. The van der Waals surface area contributed by atoms with Gasteiger partial charge in [-0.05, 0) is 31.9 Å². The van der Waals surface area contributed by atoms with Crippen molar-refractivity contribution in [2.24, 2.45) is 0 Å². The molecule has 3 aliphatic heterocycles. The first kappa shape index (κ1) is 12.5. The zero-order chi connectivity index (χ0) is 13.2. The van der Waals surface area contributed by atoms with E-state index in [1.165, 1.54) is 5.56 Å². The first-order valence-electron chi connectivity index (χ1n) is 7.00. The van der Waals surface area contributed by atoms with Crippen LogP contribution in [0, 0.1) is 6.92 Å². The first-order chi connectivity index (χ1) is 9.22. The van der Waals surface area contributed by atoms with Gasteiger partial charge in [-0.1, -0.05) is 17.7 Å². The maximum absolute atomic E-state index is 12.3. The average Bonchev–Trinajstić information content (AvgIpc) is 2.75. The van der Waals surface area contributed by atoms with Gasteiger partial charge in [0.25, 0.3) is 0 Å². The predicted octanol–water partition coefficient (Wildman–Crippen LogP) is 2.27. The highest BCUT2D eigenvalue weighted by Crippen LogP contribution is 2.22. The van der Waals surface area contributed by atoms with Crippen molar-refractivity contribution in [2.75, 3.05) is 26.2 Å². The molecule has 3 saturated heterocycles. The summed E-state index contributed by atoms with van der Waals surface area (Å²) < 4.78 is 5.48. The summed E-state index contributed by atoms with van der Waals surface area (Å²) in [5, 5.41) is 0. The maximum atomic E-state index is 12.3. The normalized spacial score (nSPS) is 26.1. The van der Waals surface area contributed by atoms with Crippen molar-refractivity contribution in [3.8, 4) is 5.75 Å². The fraction of sp³-hybridized carbons (Fsp3) is 0.533. The Balaban J connectivity index is 1.68. The highest BCUT2D eigenvalue weighted by atomic mass is 16.6. The van der Waals surface area contributed by atoms with Crippen molar-refractivity contribution in [2.45, 2.75) is 25.8 Å². The van der Waals surface area contributed by atoms with E-state index in [-0.39, 0.29) is 6.09 Å². The van der Waals surface area contributed by atoms with Crippen molar-refractivity contribution in [1.82, 2.24) is 9.80 Å². The molecule has 19 heavy (non-hydrogen) atoms. The van der Waals surface area contributed by atoms with E-state index in [9.17, 15) is 4.79 Å². The van der Waals surface area contributed by atoms with Crippen LogP contribution in [0.3, 0.4) is 0 Å². The summed E-state index contributed by atoms with van der Waals surface area (Å²) in [4.78, 5) is 16.6. The molecule has 4 nitrogen and oxygen atoms in total. The summed E-state index contributed by atoms with van der Waals surface area (Å²) in [5.41, 5.74) is 1.17. The summed E-state index contributed by atoms with van der Waals surface area (Å²) in [6.45, 7) is 6.00. The molecule has 0 aromatic heterocycles. The van der Waals surface area contributed by atoms with E-state index in [4.69, 9.17) is 4.74 Å². The van der Waals surface area contributed by atoms with Crippen LogP contribution >= 0.6 is 0 Å². The second-order valence-electron chi connectivity index (χ2n) is 5.45. The fourth-order valence-corrected chi connectivity index (χ4v) is 2.89. The second kappa shape index (κ2) is 5.21. The molecule has 0 aliphatic carbocycles. The number of nitrogens with zero attached hydrogens (tertiary/aromatic N) is 2. The molecule has 3 aliphatic rings. The Morgan fingerprint density at radius 3 is 2.47 bits per heavy atom. The molecular weight excluding hydrogens is 239 g/mol. The van der Waals surface area contributed by atoms with Crippen LogP contribution in [0.25, 0.3) is 0 Å². The van der Waals surface area contributed by atoms with Crippen LogP contribution in [0.1, 0.15) is 18.4 Å². The number of carbonyl (C=O) groups excluding carboxylic acids is 1. The van der Waals surface area contributed by atoms with Crippen molar-refractivity contribution >= 4 is 6.09 Å². The molecule has 0 N–H and O–H groups in total. The smallest absolute Gasteiger partial charge is 0.410 e. The van der Waals surface area contributed by atoms with Gasteiger partial charge in [-0.25, -0.2) is 4.79 Å². The molecule has 3 heterocycles. The van der Waals surface area contributed by atoms with Crippen LogP contribution < -0.4 is 4.74 Å². The lowest BCUT2D eigenvalue weighted by Crippen LogP contribution is -2.43. The van der Waals surface area contributed by atoms with Gasteiger partial charge in [0.15, 0.2) is 0 Å². The van der Waals surface area contributed by atoms with Crippen LogP contribution in [-0.4, -0.2) is 48.1 Å². The van der Waals surface area contributed by atoms with Gasteiger partial charge in [0.05, 0.1) is 0 Å². The van der Waals surface area contributed by atoms with E-state index >= 15 is 0 Å². The van der Waals surface area contributed by atoms with Crippen molar-refractivity contribution < 1.29 is 9.53 Å². The molecule has 1 amide bonds. The summed E-state index contributed by atoms with van der Waals surface area (Å²) in [7, 11) is 0. The monoisotopic (exact) mass is 259 g/mol. The van der Waals surface area contributed by atoms with Crippen molar-refractivity contribution in [3.05, 3.63) is 29.8 Å². The molecule has 102 valence electrons. The van der Waals surface area contributed by atoms with Gasteiger partial charge >= 0.3 is 6.09 Å². The molecule has 1 aromatic rings. The molecular formula is C15H20N2O2.